The number of sulfonamides is 1. The molecule has 20 heteroatoms. The number of aromatic nitrogens is 2. The average Bonchev–Trinajstić information content (AvgIpc) is 4.25. The molecule has 4 heterocycles. The molecule has 0 spiro atoms. The van der Waals surface area contributed by atoms with E-state index in [9.17, 15) is 31.2 Å². The molecule has 1 saturated heterocycles. The maximum Gasteiger partial charge on any atom is 0.408 e. The summed E-state index contributed by atoms with van der Waals surface area (Å²) in [6.45, 7) is 5.42. The summed E-state index contributed by atoms with van der Waals surface area (Å²) in [6, 6.07) is 5.25. The molecule has 7 atom stereocenters. The number of benzene rings is 1. The Morgan fingerprint density at radius 3 is 2.48 bits per heavy atom. The fourth-order valence-corrected chi connectivity index (χ4v) is 13.7. The van der Waals surface area contributed by atoms with Crippen LogP contribution in [0.3, 0.4) is 0 Å². The van der Waals surface area contributed by atoms with Crippen molar-refractivity contribution in [1.29, 1.82) is 0 Å². The Labute approximate surface area is 395 Å². The highest BCUT2D eigenvalue weighted by atomic mass is 32.2. The lowest BCUT2D eigenvalue weighted by Gasteiger charge is -2.34. The molecule has 0 unspecified atom stereocenters. The SMILES string of the molecule is C=C[C@@H]1C[C@]1(NC(=O)[C@@H]1C[C@@H]2CN1C(=O)[C@H](C1CCCCC1)NC(=O)O[C@@H]1C[C@H]1CCCCCc1c(nc3ccccc3c1OCCCS(=O)(=O)c1nccs1)O2)C(=O)NS(=O)(=O)C1(C)CC1. The lowest BCUT2D eigenvalue weighted by molar-refractivity contribution is -0.142. The summed E-state index contributed by atoms with van der Waals surface area (Å²) in [5, 5.41) is 8.14. The fraction of sp³-hybridized carbons (Fsp3) is 0.617. The van der Waals surface area contributed by atoms with Gasteiger partial charge in [-0.3, -0.25) is 19.1 Å². The second-order valence-corrected chi connectivity index (χ2v) is 24.9. The number of alkyl carbamates (subject to hydrolysis) is 1. The van der Waals surface area contributed by atoms with Crippen molar-refractivity contribution in [3.63, 3.8) is 0 Å². The first-order valence-corrected chi connectivity index (χ1v) is 27.8. The molecule has 5 fully saturated rings. The number of nitrogens with one attached hydrogen (secondary N) is 3. The molecule has 6 aliphatic rings. The van der Waals surface area contributed by atoms with E-state index in [0.717, 1.165) is 68.1 Å². The fourth-order valence-electron chi connectivity index (χ4n) is 10.1. The summed E-state index contributed by atoms with van der Waals surface area (Å²) in [7, 11) is -7.65. The molecular weight excluding hydrogens is 921 g/mol. The van der Waals surface area contributed by atoms with Crippen LogP contribution in [0.5, 0.6) is 11.6 Å². The quantitative estimate of drug-likeness (QED) is 0.142. The standard InChI is InChI=1S/C47H60N6O11S3/c1-3-31-27-47(31,43(56)52-67(60,61)46(2)19-20-46)51-40(54)36-26-32-28-53(36)42(55)38(29-13-6-4-7-14-29)50-44(57)64-37-25-30(37)15-8-5-9-17-34-39(33-16-10-11-18-35(33)49-41(34)63-32)62-22-12-24-66(58,59)45-48-21-23-65-45/h3,10-11,16,18,21,23,29-32,36-38H,1,4-9,12-15,17,19-20,22,24-28H2,2H3,(H,50,57)(H,51,54)(H,52,56)/t30-,31-,32-,36+,37-,38+,47-/m1/s1. The summed E-state index contributed by atoms with van der Waals surface area (Å²) in [4.78, 5) is 67.8. The van der Waals surface area contributed by atoms with Gasteiger partial charge in [-0.15, -0.1) is 17.9 Å². The molecule has 4 amide bonds. The molecule has 3 aromatic rings. The number of thiazole rings is 1. The van der Waals surface area contributed by atoms with E-state index in [1.54, 1.807) is 12.3 Å². The number of hydrogen-bond acceptors (Lipinski definition) is 14. The zero-order valence-electron chi connectivity index (χ0n) is 37.8. The first-order chi connectivity index (χ1) is 32.1. The van der Waals surface area contributed by atoms with Crippen LogP contribution in [0.15, 0.2) is 52.8 Å². The van der Waals surface area contributed by atoms with Gasteiger partial charge in [0.25, 0.3) is 5.91 Å². The molecule has 4 saturated carbocycles. The van der Waals surface area contributed by atoms with Crippen molar-refractivity contribution in [2.45, 2.75) is 149 Å². The van der Waals surface area contributed by atoms with Crippen LogP contribution >= 0.6 is 11.3 Å². The third kappa shape index (κ3) is 10.0. The Morgan fingerprint density at radius 1 is 1.01 bits per heavy atom. The molecule has 4 aliphatic carbocycles. The Balaban J connectivity index is 1.04. The van der Waals surface area contributed by atoms with E-state index in [0.29, 0.717) is 48.9 Å². The summed E-state index contributed by atoms with van der Waals surface area (Å²) in [5.41, 5.74) is -0.357. The maximum atomic E-state index is 15.1. The molecule has 362 valence electrons. The van der Waals surface area contributed by atoms with Crippen molar-refractivity contribution in [3.8, 4) is 11.6 Å². The van der Waals surface area contributed by atoms with E-state index >= 15 is 4.79 Å². The van der Waals surface area contributed by atoms with Crippen molar-refractivity contribution >= 4 is 65.9 Å². The predicted molar refractivity (Wildman–Crippen MR) is 248 cm³/mol. The number of fused-ring (bicyclic) bond motifs is 5. The number of ether oxygens (including phenoxy) is 3. The van der Waals surface area contributed by atoms with Crippen LogP contribution in [-0.4, -0.2) is 109 Å². The topological polar surface area (TPSA) is 229 Å². The number of amides is 4. The molecule has 67 heavy (non-hydrogen) atoms. The molecule has 9 rings (SSSR count). The number of hydrogen-bond donors (Lipinski definition) is 3. The smallest absolute Gasteiger partial charge is 0.408 e. The highest BCUT2D eigenvalue weighted by Crippen LogP contribution is 2.48. The average molecular weight is 981 g/mol. The van der Waals surface area contributed by atoms with Gasteiger partial charge in [0.1, 0.15) is 35.6 Å². The first-order valence-electron chi connectivity index (χ1n) is 23.7. The summed E-state index contributed by atoms with van der Waals surface area (Å²) < 4.78 is 72.9. The van der Waals surface area contributed by atoms with Crippen molar-refractivity contribution in [3.05, 3.63) is 54.1 Å². The van der Waals surface area contributed by atoms with E-state index in [1.807, 2.05) is 24.3 Å². The normalized spacial score (nSPS) is 28.8. The molecule has 2 aromatic heterocycles. The number of carbonyl (C=O) groups is 4. The van der Waals surface area contributed by atoms with Gasteiger partial charge in [-0.05, 0) is 95.1 Å². The van der Waals surface area contributed by atoms with E-state index < -0.39 is 78.1 Å². The minimum absolute atomic E-state index is 0.0191. The minimum Gasteiger partial charge on any atom is -0.492 e. The first kappa shape index (κ1) is 47.3. The molecule has 17 nitrogen and oxygen atoms in total. The monoisotopic (exact) mass is 980 g/mol. The maximum absolute atomic E-state index is 15.1. The van der Waals surface area contributed by atoms with Crippen molar-refractivity contribution < 1.29 is 50.2 Å². The zero-order chi connectivity index (χ0) is 47.1. The van der Waals surface area contributed by atoms with E-state index in [4.69, 9.17) is 19.2 Å². The van der Waals surface area contributed by atoms with Crippen LogP contribution < -0.4 is 24.8 Å². The summed E-state index contributed by atoms with van der Waals surface area (Å²) >= 11 is 1.07. The number of pyridine rings is 1. The van der Waals surface area contributed by atoms with Gasteiger partial charge in [0.05, 0.1) is 34.7 Å². The van der Waals surface area contributed by atoms with Gasteiger partial charge in [0.15, 0.2) is 0 Å². The minimum atomic E-state index is -4.04. The lowest BCUT2D eigenvalue weighted by atomic mass is 9.83. The van der Waals surface area contributed by atoms with Crippen LogP contribution in [0.25, 0.3) is 10.9 Å². The van der Waals surface area contributed by atoms with Gasteiger partial charge < -0.3 is 29.7 Å². The summed E-state index contributed by atoms with van der Waals surface area (Å²) in [5.74, 6) is -1.97. The van der Waals surface area contributed by atoms with Crippen LogP contribution in [-0.2, 0) is 45.4 Å². The number of carbonyl (C=O) groups excluding carboxylic acids is 4. The van der Waals surface area contributed by atoms with Gasteiger partial charge in [0.2, 0.25) is 41.9 Å². The van der Waals surface area contributed by atoms with Crippen molar-refractivity contribution in [1.82, 2.24) is 30.2 Å². The Hall–Kier alpha value is -4.82. The van der Waals surface area contributed by atoms with Crippen molar-refractivity contribution in [2.75, 3.05) is 18.9 Å². The number of nitrogens with zero attached hydrogens (tertiary/aromatic N) is 3. The zero-order valence-corrected chi connectivity index (χ0v) is 40.2. The third-order valence-electron chi connectivity index (χ3n) is 14.7. The Morgan fingerprint density at radius 2 is 1.76 bits per heavy atom. The van der Waals surface area contributed by atoms with Crippen LogP contribution in [0.2, 0.25) is 0 Å². The summed E-state index contributed by atoms with van der Waals surface area (Å²) in [6.07, 6.45) is 11.0. The number of rotatable bonds is 13. The largest absolute Gasteiger partial charge is 0.492 e. The van der Waals surface area contributed by atoms with Crippen LogP contribution in [0, 0.1) is 17.8 Å². The third-order valence-corrected chi connectivity index (χ3v) is 19.9. The highest BCUT2D eigenvalue weighted by Gasteiger charge is 2.63. The number of para-hydroxylation sites is 1. The molecule has 2 bridgehead atoms. The molecular formula is C47H60N6O11S3. The molecule has 2 aliphatic heterocycles. The highest BCUT2D eigenvalue weighted by molar-refractivity contribution is 7.93. The van der Waals surface area contributed by atoms with Gasteiger partial charge in [-0.25, -0.2) is 31.6 Å². The molecule has 0 radical (unpaired) electrons. The van der Waals surface area contributed by atoms with Crippen molar-refractivity contribution in [2.24, 2.45) is 17.8 Å². The van der Waals surface area contributed by atoms with Crippen LogP contribution in [0.1, 0.15) is 109 Å². The molecule has 1 aromatic carbocycles. The Bertz CT molecular complexity index is 2620. The number of sulfone groups is 1. The second kappa shape index (κ2) is 18.9. The van der Waals surface area contributed by atoms with Gasteiger partial charge >= 0.3 is 6.09 Å². The predicted octanol–water partition coefficient (Wildman–Crippen LogP) is 5.52. The van der Waals surface area contributed by atoms with Gasteiger partial charge in [-0.1, -0.05) is 50.3 Å². The van der Waals surface area contributed by atoms with Crippen LogP contribution in [0.4, 0.5) is 4.79 Å². The van der Waals surface area contributed by atoms with E-state index in [1.165, 1.54) is 17.2 Å². The lowest BCUT2D eigenvalue weighted by Crippen LogP contribution is -2.59. The second-order valence-electron chi connectivity index (χ2n) is 19.5. The van der Waals surface area contributed by atoms with Gasteiger partial charge in [-0.2, -0.15) is 0 Å². The molecule has 3 N–H and O–H groups in total. The Kier molecular flexibility index (Phi) is 13.4. The van der Waals surface area contributed by atoms with Gasteiger partial charge in [0, 0.05) is 29.3 Å². The van der Waals surface area contributed by atoms with E-state index in [-0.39, 0.29) is 66.3 Å². The van der Waals surface area contributed by atoms with E-state index in [2.05, 4.69) is 26.9 Å².